The number of hydrogen-bond donors (Lipinski definition) is 0. The quantitative estimate of drug-likeness (QED) is 0.0195. The first-order valence-corrected chi connectivity index (χ1v) is 26.0. The van der Waals surface area contributed by atoms with Gasteiger partial charge in [-0.25, -0.2) is 28.4 Å². The van der Waals surface area contributed by atoms with E-state index in [1.165, 1.54) is 0 Å². The molecule has 4 rings (SSSR count). The first-order valence-electron chi connectivity index (χ1n) is 20.3. The molecule has 0 amide bonds. The summed E-state index contributed by atoms with van der Waals surface area (Å²) >= 11 is 3.57. The lowest BCUT2D eigenvalue weighted by molar-refractivity contribution is 0.0584. The summed E-state index contributed by atoms with van der Waals surface area (Å²) in [4.78, 5) is 8.11. The van der Waals surface area contributed by atoms with Crippen LogP contribution >= 0.6 is 48.5 Å². The Bertz CT molecular complexity index is 2210. The molecule has 0 unspecified atom stereocenters. The fraction of sp³-hybridized carbons (Fsp3) is 0.513. The Morgan fingerprint density at radius 1 is 0.662 bits per heavy atom. The van der Waals surface area contributed by atoms with Crippen LogP contribution in [0, 0.1) is 11.8 Å². The van der Waals surface area contributed by atoms with Gasteiger partial charge in [0.1, 0.15) is 50.7 Å². The van der Waals surface area contributed by atoms with Gasteiger partial charge in [0, 0.05) is 51.3 Å². The van der Waals surface area contributed by atoms with Crippen molar-refractivity contribution < 1.29 is 64.4 Å². The fourth-order valence-corrected chi connectivity index (χ4v) is 10.3. The van der Waals surface area contributed by atoms with Crippen LogP contribution in [0.5, 0.6) is 11.5 Å². The summed E-state index contributed by atoms with van der Waals surface area (Å²) in [7, 11) is -5.21. The predicted octanol–water partition coefficient (Wildman–Crippen LogP) is 8.08. The molecule has 21 nitrogen and oxygen atoms in total. The normalized spacial score (nSPS) is 12.1. The Hall–Kier alpha value is -3.31. The number of nitrogens with zero attached hydrogens (tertiary/aromatic N) is 7. The Kier molecular flexibility index (Phi) is 24.0. The zero-order valence-electron chi connectivity index (χ0n) is 37.0. The number of aromatic nitrogens is 5. The van der Waals surface area contributed by atoms with Crippen LogP contribution in [-0.2, 0) is 68.0 Å². The maximum atomic E-state index is 13.8. The number of hydrogen-bond acceptors (Lipinski definition) is 19. The lowest BCUT2D eigenvalue weighted by Crippen LogP contribution is -2.28. The summed E-state index contributed by atoms with van der Waals surface area (Å²) in [6, 6.07) is 10.5. The van der Waals surface area contributed by atoms with Crippen LogP contribution in [0.25, 0.3) is 11.6 Å². The minimum Gasteiger partial charge on any atom is -0.490 e. The molecule has 0 fully saturated rings. The summed E-state index contributed by atoms with van der Waals surface area (Å²) < 4.78 is 108. The first kappa shape index (κ1) is 54.3. The number of pyridine rings is 1. The summed E-state index contributed by atoms with van der Waals surface area (Å²) in [6.07, 6.45) is 2.97. The highest BCUT2D eigenvalue weighted by atomic mass is 79.9. The monoisotopic (exact) mass is 1050 g/mol. The van der Waals surface area contributed by atoms with E-state index in [0.717, 1.165) is 0 Å². The smallest absolute Gasteiger partial charge is 0.344 e. The van der Waals surface area contributed by atoms with Crippen LogP contribution in [-0.4, -0.2) is 127 Å². The van der Waals surface area contributed by atoms with Crippen molar-refractivity contribution in [3.8, 4) is 35.0 Å². The molecule has 0 saturated carbocycles. The van der Waals surface area contributed by atoms with Crippen molar-refractivity contribution in [1.82, 2.24) is 34.3 Å². The number of benzene rings is 1. The summed E-state index contributed by atoms with van der Waals surface area (Å²) in [5.74, 6) is 8.23. The number of halogens is 1. The highest BCUT2D eigenvalue weighted by Gasteiger charge is 2.34. The second kappa shape index (κ2) is 28.8. The Morgan fingerprint density at radius 2 is 1.14 bits per heavy atom. The maximum absolute atomic E-state index is 13.8. The zero-order valence-corrected chi connectivity index (χ0v) is 42.2. The zero-order chi connectivity index (χ0) is 47.1. The van der Waals surface area contributed by atoms with Gasteiger partial charge in [-0.15, -0.1) is 0 Å². The van der Waals surface area contributed by atoms with Crippen molar-refractivity contribution in [3.05, 3.63) is 75.8 Å². The van der Waals surface area contributed by atoms with Gasteiger partial charge < -0.3 is 37.0 Å². The van der Waals surface area contributed by atoms with E-state index in [0.29, 0.717) is 69.9 Å². The molecule has 0 atom stereocenters. The van der Waals surface area contributed by atoms with E-state index in [4.69, 9.17) is 61.3 Å². The molecule has 356 valence electrons. The fourth-order valence-electron chi connectivity index (χ4n) is 5.88. The average Bonchev–Trinajstić information content (AvgIpc) is 3.95. The number of ether oxygens (including phenoxy) is 4. The van der Waals surface area contributed by atoms with Crippen LogP contribution in [0.4, 0.5) is 0 Å². The molecular formula is C39H54BrN7O14P4. The van der Waals surface area contributed by atoms with E-state index in [9.17, 15) is 18.3 Å². The molecule has 4 aromatic rings. The molecule has 0 saturated heterocycles. The SMILES string of the molecule is CCOP(=O)(CN(Cc1ccn(-c2cc(C#Cc3cc(OCCOC)c(Br)cc3OCCOC)cc(-n3ccc(CN(COP=O)COP=O)n3)n2)n1)CP(=O)(OCC)OCC)OCC. The Labute approximate surface area is 390 Å². The molecule has 0 radical (unpaired) electrons. The topological polar surface area (TPSA) is 216 Å². The van der Waals surface area contributed by atoms with E-state index in [-0.39, 0.29) is 72.2 Å². The summed E-state index contributed by atoms with van der Waals surface area (Å²) in [6.45, 7) is 8.78. The molecule has 0 aliphatic carbocycles. The van der Waals surface area contributed by atoms with Gasteiger partial charge in [-0.2, -0.15) is 10.2 Å². The largest absolute Gasteiger partial charge is 0.490 e. The van der Waals surface area contributed by atoms with Crippen molar-refractivity contribution >= 4 is 48.5 Å². The van der Waals surface area contributed by atoms with Gasteiger partial charge in [0.15, 0.2) is 11.6 Å². The van der Waals surface area contributed by atoms with Crippen molar-refractivity contribution in [2.24, 2.45) is 0 Å². The molecule has 0 N–H and O–H groups in total. The third kappa shape index (κ3) is 18.0. The molecule has 0 bridgehead atoms. The van der Waals surface area contributed by atoms with Gasteiger partial charge >= 0.3 is 32.6 Å². The second-order valence-corrected chi connectivity index (χ2v) is 19.0. The molecule has 0 aliphatic heterocycles. The second-order valence-electron chi connectivity index (χ2n) is 13.3. The number of rotatable bonds is 32. The molecule has 65 heavy (non-hydrogen) atoms. The van der Waals surface area contributed by atoms with Crippen molar-refractivity contribution in [3.63, 3.8) is 0 Å². The van der Waals surface area contributed by atoms with Crippen LogP contribution in [0.15, 0.2) is 53.3 Å². The molecule has 3 heterocycles. The third-order valence-corrected chi connectivity index (χ3v) is 13.6. The number of methoxy groups -OCH3 is 2. The van der Waals surface area contributed by atoms with Crippen molar-refractivity contribution in [1.29, 1.82) is 0 Å². The van der Waals surface area contributed by atoms with Crippen molar-refractivity contribution in [2.45, 2.75) is 40.8 Å². The summed E-state index contributed by atoms with van der Waals surface area (Å²) in [5.41, 5.74) is 2.11. The molecule has 3 aromatic heterocycles. The Morgan fingerprint density at radius 3 is 1.60 bits per heavy atom. The van der Waals surface area contributed by atoms with Gasteiger partial charge in [-0.3, -0.25) is 23.1 Å². The first-order chi connectivity index (χ1) is 31.4. The third-order valence-electron chi connectivity index (χ3n) is 8.43. The Balaban J connectivity index is 1.81. The van der Waals surface area contributed by atoms with E-state index in [1.807, 2.05) is 0 Å². The lowest BCUT2D eigenvalue weighted by Gasteiger charge is -2.29. The van der Waals surface area contributed by atoms with E-state index >= 15 is 0 Å². The van der Waals surface area contributed by atoms with Crippen LogP contribution in [0.3, 0.4) is 0 Å². The van der Waals surface area contributed by atoms with Gasteiger partial charge in [0.05, 0.1) is 61.1 Å². The van der Waals surface area contributed by atoms with Crippen LogP contribution < -0.4 is 9.47 Å². The van der Waals surface area contributed by atoms with Gasteiger partial charge in [0.2, 0.25) is 0 Å². The molecule has 0 spiro atoms. The molecule has 1 aromatic carbocycles. The van der Waals surface area contributed by atoms with E-state index < -0.39 is 32.6 Å². The molecule has 26 heteroatoms. The lowest BCUT2D eigenvalue weighted by atomic mass is 10.1. The van der Waals surface area contributed by atoms with Crippen LogP contribution in [0.2, 0.25) is 0 Å². The van der Waals surface area contributed by atoms with Crippen LogP contribution in [0.1, 0.15) is 50.2 Å². The van der Waals surface area contributed by atoms with Crippen molar-refractivity contribution in [2.75, 3.05) is 93.1 Å². The maximum Gasteiger partial charge on any atom is 0.344 e. The highest BCUT2D eigenvalue weighted by molar-refractivity contribution is 9.10. The predicted molar refractivity (Wildman–Crippen MR) is 243 cm³/mol. The minimum absolute atomic E-state index is 0.0575. The van der Waals surface area contributed by atoms with Gasteiger partial charge in [-0.05, 0) is 74.0 Å². The molecular weight excluding hydrogens is 994 g/mol. The minimum atomic E-state index is -3.67. The summed E-state index contributed by atoms with van der Waals surface area (Å²) in [5, 5.41) is 9.52. The van der Waals surface area contributed by atoms with Gasteiger partial charge in [0.25, 0.3) is 0 Å². The molecule has 0 aliphatic rings. The highest BCUT2D eigenvalue weighted by Crippen LogP contribution is 2.53. The van der Waals surface area contributed by atoms with E-state index in [2.05, 4.69) is 27.8 Å². The van der Waals surface area contributed by atoms with Gasteiger partial charge in [-0.1, -0.05) is 11.8 Å². The average molecular weight is 1050 g/mol. The standard InChI is InChI=1S/C39H54BrN7O14P4/c1-7-58-64(50,59-8-2)29-45(30-65(51,60-9-3)61-10-4)26-34-14-16-47(43-34)39-22-31(11-12-32-23-37(55-20-18-53-6)35(40)24-36(32)54-19-17-52-5)21-38(41-39)46-15-13-33(42-46)25-44(27-56-62-48)28-57-63-49/h13-16,21-24H,7-10,17-20,25-30H2,1-6H3. The van der Waals surface area contributed by atoms with E-state index in [1.54, 1.807) is 110 Å².